The third-order valence-corrected chi connectivity index (χ3v) is 3.23. The van der Waals surface area contributed by atoms with Crippen LogP contribution in [-0.2, 0) is 4.79 Å². The van der Waals surface area contributed by atoms with Crippen LogP contribution in [0.5, 0.6) is 23.1 Å². The van der Waals surface area contributed by atoms with Gasteiger partial charge in [-0.2, -0.15) is 0 Å². The molecule has 0 atom stereocenters. The molecular weight excluding hydrogens is 320 g/mol. The number of hydrogen-bond donors (Lipinski definition) is 2. The van der Waals surface area contributed by atoms with Crippen molar-refractivity contribution in [3.05, 3.63) is 72.9 Å². The standard InChI is InChI=1S/C19H16N2O4/c22-17-6-2-1-5-16(17)21-18(23)13-24-14-8-10-15(11-9-14)25-19-7-3-4-12-20-19/h1-12,22H,13H2,(H,21,23). The van der Waals surface area contributed by atoms with Crippen molar-refractivity contribution in [2.75, 3.05) is 11.9 Å². The van der Waals surface area contributed by atoms with E-state index < -0.39 is 0 Å². The van der Waals surface area contributed by atoms with Crippen LogP contribution in [0.3, 0.4) is 0 Å². The molecule has 0 bridgehead atoms. The topological polar surface area (TPSA) is 80.7 Å². The third-order valence-electron chi connectivity index (χ3n) is 3.23. The molecule has 25 heavy (non-hydrogen) atoms. The first-order chi connectivity index (χ1) is 12.2. The summed E-state index contributed by atoms with van der Waals surface area (Å²) in [5.41, 5.74) is 0.343. The van der Waals surface area contributed by atoms with E-state index in [-0.39, 0.29) is 18.3 Å². The molecule has 0 fully saturated rings. The molecule has 1 heterocycles. The molecule has 0 aliphatic heterocycles. The maximum Gasteiger partial charge on any atom is 0.262 e. The van der Waals surface area contributed by atoms with Gasteiger partial charge in [-0.25, -0.2) is 4.98 Å². The predicted octanol–water partition coefficient (Wildman–Crippen LogP) is 3.60. The predicted molar refractivity (Wildman–Crippen MR) is 93.0 cm³/mol. The molecular formula is C19H16N2O4. The third kappa shape index (κ3) is 4.71. The molecule has 0 aliphatic rings. The monoisotopic (exact) mass is 336 g/mol. The number of pyridine rings is 1. The van der Waals surface area contributed by atoms with E-state index in [0.717, 1.165) is 0 Å². The average Bonchev–Trinajstić information content (AvgIpc) is 2.64. The molecule has 1 aromatic heterocycles. The fraction of sp³-hybridized carbons (Fsp3) is 0.0526. The molecule has 0 spiro atoms. The molecule has 126 valence electrons. The zero-order valence-electron chi connectivity index (χ0n) is 13.3. The smallest absolute Gasteiger partial charge is 0.262 e. The summed E-state index contributed by atoms with van der Waals surface area (Å²) in [5, 5.41) is 12.2. The zero-order chi connectivity index (χ0) is 17.5. The van der Waals surface area contributed by atoms with Crippen LogP contribution in [0.4, 0.5) is 5.69 Å². The highest BCUT2D eigenvalue weighted by molar-refractivity contribution is 5.93. The summed E-state index contributed by atoms with van der Waals surface area (Å²) < 4.78 is 11.0. The number of ether oxygens (including phenoxy) is 2. The van der Waals surface area contributed by atoms with Gasteiger partial charge >= 0.3 is 0 Å². The van der Waals surface area contributed by atoms with E-state index in [1.165, 1.54) is 6.07 Å². The van der Waals surface area contributed by atoms with Gasteiger partial charge in [0.25, 0.3) is 5.91 Å². The van der Waals surface area contributed by atoms with Crippen LogP contribution in [0.2, 0.25) is 0 Å². The summed E-state index contributed by atoms with van der Waals surface area (Å²) in [7, 11) is 0. The van der Waals surface area contributed by atoms with Crippen LogP contribution in [-0.4, -0.2) is 22.6 Å². The number of nitrogens with zero attached hydrogens (tertiary/aromatic N) is 1. The number of amides is 1. The van der Waals surface area contributed by atoms with Crippen LogP contribution in [0, 0.1) is 0 Å². The molecule has 0 unspecified atom stereocenters. The second-order valence-electron chi connectivity index (χ2n) is 5.10. The molecule has 2 aromatic carbocycles. The fourth-order valence-electron chi connectivity index (χ4n) is 2.05. The minimum absolute atomic E-state index is 0.00636. The highest BCUT2D eigenvalue weighted by Crippen LogP contribution is 2.23. The first-order valence-corrected chi connectivity index (χ1v) is 7.60. The Labute approximate surface area is 144 Å². The van der Waals surface area contributed by atoms with E-state index in [1.807, 2.05) is 12.1 Å². The van der Waals surface area contributed by atoms with Gasteiger partial charge in [0.15, 0.2) is 6.61 Å². The first kappa shape index (κ1) is 16.3. The fourth-order valence-corrected chi connectivity index (χ4v) is 2.05. The van der Waals surface area contributed by atoms with Gasteiger partial charge in [-0.05, 0) is 42.5 Å². The quantitative estimate of drug-likeness (QED) is 0.672. The lowest BCUT2D eigenvalue weighted by molar-refractivity contribution is -0.118. The number of anilines is 1. The van der Waals surface area contributed by atoms with Gasteiger partial charge in [-0.1, -0.05) is 18.2 Å². The minimum Gasteiger partial charge on any atom is -0.506 e. The Kier molecular flexibility index (Phi) is 5.11. The van der Waals surface area contributed by atoms with Crippen LogP contribution in [0.1, 0.15) is 0 Å². The van der Waals surface area contributed by atoms with Crippen LogP contribution in [0.15, 0.2) is 72.9 Å². The SMILES string of the molecule is O=C(COc1ccc(Oc2ccccn2)cc1)Nc1ccccc1O. The lowest BCUT2D eigenvalue weighted by atomic mass is 10.3. The molecule has 0 saturated heterocycles. The lowest BCUT2D eigenvalue weighted by Gasteiger charge is -2.09. The zero-order valence-corrected chi connectivity index (χ0v) is 13.3. The van der Waals surface area contributed by atoms with Crippen molar-refractivity contribution in [2.24, 2.45) is 0 Å². The minimum atomic E-state index is -0.365. The van der Waals surface area contributed by atoms with Crippen molar-refractivity contribution >= 4 is 11.6 Å². The van der Waals surface area contributed by atoms with Gasteiger partial charge in [-0.3, -0.25) is 4.79 Å². The number of para-hydroxylation sites is 2. The average molecular weight is 336 g/mol. The second-order valence-corrected chi connectivity index (χ2v) is 5.10. The van der Waals surface area contributed by atoms with E-state index in [4.69, 9.17) is 9.47 Å². The number of phenolic OH excluding ortho intramolecular Hbond substituents is 1. The molecule has 1 amide bonds. The van der Waals surface area contributed by atoms with Gasteiger partial charge in [0.05, 0.1) is 5.69 Å². The van der Waals surface area contributed by atoms with Crippen molar-refractivity contribution < 1.29 is 19.4 Å². The van der Waals surface area contributed by atoms with E-state index in [0.29, 0.717) is 23.1 Å². The molecule has 6 nitrogen and oxygen atoms in total. The number of carbonyl (C=O) groups is 1. The number of hydrogen-bond acceptors (Lipinski definition) is 5. The Bertz CT molecular complexity index is 836. The van der Waals surface area contributed by atoms with Gasteiger partial charge in [-0.15, -0.1) is 0 Å². The van der Waals surface area contributed by atoms with Crippen molar-refractivity contribution in [3.63, 3.8) is 0 Å². The number of rotatable bonds is 6. The number of carbonyl (C=O) groups excluding carboxylic acids is 1. The summed E-state index contributed by atoms with van der Waals surface area (Å²) in [6.07, 6.45) is 1.65. The van der Waals surface area contributed by atoms with Gasteiger partial charge in [0, 0.05) is 12.3 Å². The number of phenols is 1. The number of benzene rings is 2. The largest absolute Gasteiger partial charge is 0.506 e. The molecule has 3 rings (SSSR count). The summed E-state index contributed by atoms with van der Waals surface area (Å²) in [6, 6.07) is 18.8. The van der Waals surface area contributed by atoms with E-state index >= 15 is 0 Å². The highest BCUT2D eigenvalue weighted by Gasteiger charge is 2.07. The highest BCUT2D eigenvalue weighted by atomic mass is 16.5. The second kappa shape index (κ2) is 7.83. The normalized spacial score (nSPS) is 10.1. The van der Waals surface area contributed by atoms with Gasteiger partial charge in [0.2, 0.25) is 5.88 Å². The summed E-state index contributed by atoms with van der Waals surface area (Å²) >= 11 is 0. The molecule has 2 N–H and O–H groups in total. The van der Waals surface area contributed by atoms with E-state index in [9.17, 15) is 9.90 Å². The molecule has 0 saturated carbocycles. The Morgan fingerprint density at radius 1 is 0.960 bits per heavy atom. The summed E-state index contributed by atoms with van der Waals surface area (Å²) in [4.78, 5) is 15.9. The van der Waals surface area contributed by atoms with Crippen LogP contribution >= 0.6 is 0 Å². The lowest BCUT2D eigenvalue weighted by Crippen LogP contribution is -2.20. The van der Waals surface area contributed by atoms with Crippen molar-refractivity contribution in [1.82, 2.24) is 4.98 Å². The van der Waals surface area contributed by atoms with Crippen molar-refractivity contribution in [1.29, 1.82) is 0 Å². The number of nitrogens with one attached hydrogen (secondary N) is 1. The molecule has 3 aromatic rings. The summed E-state index contributed by atoms with van der Waals surface area (Å²) in [5.74, 6) is 1.28. The Morgan fingerprint density at radius 2 is 1.68 bits per heavy atom. The maximum absolute atomic E-state index is 11.9. The van der Waals surface area contributed by atoms with Crippen molar-refractivity contribution in [2.45, 2.75) is 0 Å². The number of aromatic nitrogens is 1. The summed E-state index contributed by atoms with van der Waals surface area (Å²) in [6.45, 7) is -0.172. The Morgan fingerprint density at radius 3 is 2.40 bits per heavy atom. The molecule has 0 radical (unpaired) electrons. The van der Waals surface area contributed by atoms with Crippen LogP contribution in [0.25, 0.3) is 0 Å². The molecule has 6 heteroatoms. The number of aromatic hydroxyl groups is 1. The van der Waals surface area contributed by atoms with Gasteiger partial charge in [0.1, 0.15) is 17.2 Å². The first-order valence-electron chi connectivity index (χ1n) is 7.60. The Hall–Kier alpha value is -3.54. The van der Waals surface area contributed by atoms with E-state index in [1.54, 1.807) is 54.7 Å². The maximum atomic E-state index is 11.9. The molecule has 0 aliphatic carbocycles. The van der Waals surface area contributed by atoms with Gasteiger partial charge < -0.3 is 19.9 Å². The van der Waals surface area contributed by atoms with Crippen LogP contribution < -0.4 is 14.8 Å². The van der Waals surface area contributed by atoms with Crippen molar-refractivity contribution in [3.8, 4) is 23.1 Å². The Balaban J connectivity index is 1.51. The van der Waals surface area contributed by atoms with E-state index in [2.05, 4.69) is 10.3 Å².